The molecule has 0 radical (unpaired) electrons. The first kappa shape index (κ1) is 20.8. The van der Waals surface area contributed by atoms with Crippen molar-refractivity contribution in [3.05, 3.63) is 60.9 Å². The third-order valence-corrected chi connectivity index (χ3v) is 7.73. The van der Waals surface area contributed by atoms with E-state index < -0.39 is 10.0 Å². The molecule has 32 heavy (non-hydrogen) atoms. The molecule has 5 rings (SSSR count). The molecule has 0 amide bonds. The van der Waals surface area contributed by atoms with Crippen LogP contribution < -0.4 is 4.72 Å². The van der Waals surface area contributed by atoms with Gasteiger partial charge in [0.25, 0.3) is 0 Å². The second-order valence-corrected chi connectivity index (χ2v) is 9.85. The molecule has 1 N–H and O–H groups in total. The van der Waals surface area contributed by atoms with E-state index in [-0.39, 0.29) is 12.1 Å². The summed E-state index contributed by atoms with van der Waals surface area (Å²) in [5, 5.41) is 11.9. The molecule has 0 spiro atoms. The van der Waals surface area contributed by atoms with Crippen LogP contribution in [0.25, 0.3) is 16.9 Å². The smallest absolute Gasteiger partial charge is 0.241 e. The fraction of sp³-hybridized carbons (Fsp3) is 0.364. The summed E-state index contributed by atoms with van der Waals surface area (Å²) < 4.78 is 33.2. The highest BCUT2D eigenvalue weighted by atomic mass is 32.2. The molecule has 1 aliphatic rings. The van der Waals surface area contributed by atoms with Crippen molar-refractivity contribution < 1.29 is 8.42 Å². The van der Waals surface area contributed by atoms with Crippen LogP contribution in [-0.4, -0.2) is 43.8 Å². The number of nitrogens with one attached hydrogen (secondary N) is 1. The Labute approximate surface area is 186 Å². The molecule has 0 saturated heterocycles. The Bertz CT molecular complexity index is 1330. The average molecular weight is 452 g/mol. The van der Waals surface area contributed by atoms with Gasteiger partial charge in [-0.25, -0.2) is 22.6 Å². The first-order chi connectivity index (χ1) is 15.5. The lowest BCUT2D eigenvalue weighted by Crippen LogP contribution is -2.39. The van der Waals surface area contributed by atoms with Gasteiger partial charge < -0.3 is 4.57 Å². The third kappa shape index (κ3) is 4.03. The van der Waals surface area contributed by atoms with Crippen molar-refractivity contribution in [1.82, 2.24) is 34.1 Å². The van der Waals surface area contributed by atoms with E-state index in [2.05, 4.69) is 25.0 Å². The molecule has 9 nitrogen and oxygen atoms in total. The highest BCUT2D eigenvalue weighted by Crippen LogP contribution is 2.30. The highest BCUT2D eigenvalue weighted by molar-refractivity contribution is 7.89. The van der Waals surface area contributed by atoms with Crippen LogP contribution in [0, 0.1) is 0 Å². The van der Waals surface area contributed by atoms with Gasteiger partial charge in [-0.2, -0.15) is 5.10 Å². The molecule has 4 aromatic rings. The second-order valence-electron chi connectivity index (χ2n) is 8.17. The van der Waals surface area contributed by atoms with Crippen molar-refractivity contribution in [3.63, 3.8) is 0 Å². The molecule has 1 aliphatic carbocycles. The maximum absolute atomic E-state index is 13.3. The van der Waals surface area contributed by atoms with E-state index in [1.165, 1.54) is 0 Å². The molecule has 3 heterocycles. The summed E-state index contributed by atoms with van der Waals surface area (Å²) in [5.41, 5.74) is 3.19. The minimum Gasteiger partial charge on any atom is -0.317 e. The molecule has 1 fully saturated rings. The van der Waals surface area contributed by atoms with Gasteiger partial charge in [0, 0.05) is 29.9 Å². The minimum atomic E-state index is -3.64. The lowest BCUT2D eigenvalue weighted by Gasteiger charge is -2.30. The number of benzene rings is 1. The summed E-state index contributed by atoms with van der Waals surface area (Å²) in [7, 11) is -3.64. The molecule has 0 bridgehead atoms. The standard InChI is InChI=1S/C22H25N7O2S/c1-2-16-12-17(20-9-11-29-22(26-20)8-10-25-29)6-7-21(16)32(30,31)27-18-4-3-5-19(13-18)28-14-23-24-15-28/h6-12,14-15,18-19,27H,2-5,13H2,1H3/t18-,19+/m0/s1. The van der Waals surface area contributed by atoms with Gasteiger partial charge in [0.1, 0.15) is 12.7 Å². The largest absolute Gasteiger partial charge is 0.317 e. The van der Waals surface area contributed by atoms with E-state index in [1.807, 2.05) is 42.0 Å². The van der Waals surface area contributed by atoms with Gasteiger partial charge in [-0.15, -0.1) is 10.2 Å². The minimum absolute atomic E-state index is 0.114. The Kier molecular flexibility index (Phi) is 5.48. The number of aromatic nitrogens is 6. The number of nitrogens with zero attached hydrogens (tertiary/aromatic N) is 6. The third-order valence-electron chi connectivity index (χ3n) is 6.11. The molecule has 1 aromatic carbocycles. The summed E-state index contributed by atoms with van der Waals surface area (Å²) in [6, 6.07) is 9.26. The molecule has 10 heteroatoms. The van der Waals surface area contributed by atoms with Crippen LogP contribution in [0.4, 0.5) is 0 Å². The number of fused-ring (bicyclic) bond motifs is 1. The van der Waals surface area contributed by atoms with E-state index in [4.69, 9.17) is 0 Å². The van der Waals surface area contributed by atoms with Crippen LogP contribution in [0.2, 0.25) is 0 Å². The van der Waals surface area contributed by atoms with E-state index in [1.54, 1.807) is 29.4 Å². The van der Waals surface area contributed by atoms with Crippen molar-refractivity contribution in [3.8, 4) is 11.3 Å². The Morgan fingerprint density at radius 1 is 1.12 bits per heavy atom. The maximum Gasteiger partial charge on any atom is 0.241 e. The number of hydrogen-bond acceptors (Lipinski definition) is 6. The van der Waals surface area contributed by atoms with Gasteiger partial charge >= 0.3 is 0 Å². The van der Waals surface area contributed by atoms with Crippen LogP contribution in [0.1, 0.15) is 44.2 Å². The fourth-order valence-electron chi connectivity index (χ4n) is 4.47. The fourth-order valence-corrected chi connectivity index (χ4v) is 6.05. The van der Waals surface area contributed by atoms with Crippen LogP contribution in [0.5, 0.6) is 0 Å². The number of rotatable bonds is 6. The molecular weight excluding hydrogens is 426 g/mol. The Morgan fingerprint density at radius 2 is 1.97 bits per heavy atom. The summed E-state index contributed by atoms with van der Waals surface area (Å²) in [6.07, 6.45) is 11.1. The zero-order valence-corrected chi connectivity index (χ0v) is 18.6. The average Bonchev–Trinajstić information content (AvgIpc) is 3.50. The molecule has 0 aliphatic heterocycles. The molecule has 0 unspecified atom stereocenters. The first-order valence-electron chi connectivity index (χ1n) is 10.8. The van der Waals surface area contributed by atoms with Crippen LogP contribution >= 0.6 is 0 Å². The van der Waals surface area contributed by atoms with Crippen molar-refractivity contribution >= 4 is 15.7 Å². The summed E-state index contributed by atoms with van der Waals surface area (Å²) in [5.74, 6) is 0. The predicted molar refractivity (Wildman–Crippen MR) is 119 cm³/mol. The van der Waals surface area contributed by atoms with Gasteiger partial charge in [-0.1, -0.05) is 13.0 Å². The van der Waals surface area contributed by atoms with Crippen molar-refractivity contribution in [2.75, 3.05) is 0 Å². The topological polar surface area (TPSA) is 107 Å². The van der Waals surface area contributed by atoms with Gasteiger partial charge in [0.15, 0.2) is 5.65 Å². The van der Waals surface area contributed by atoms with Crippen LogP contribution in [-0.2, 0) is 16.4 Å². The zero-order valence-electron chi connectivity index (χ0n) is 17.8. The second kappa shape index (κ2) is 8.44. The summed E-state index contributed by atoms with van der Waals surface area (Å²) >= 11 is 0. The molecule has 2 atom stereocenters. The normalized spacial score (nSPS) is 19.4. The monoisotopic (exact) mass is 451 g/mol. The Hall–Kier alpha value is -3.11. The van der Waals surface area contributed by atoms with Crippen LogP contribution in [0.3, 0.4) is 0 Å². The molecule has 3 aromatic heterocycles. The maximum atomic E-state index is 13.3. The molecular formula is C22H25N7O2S. The van der Waals surface area contributed by atoms with Crippen LogP contribution in [0.15, 0.2) is 60.3 Å². The van der Waals surface area contributed by atoms with E-state index >= 15 is 0 Å². The first-order valence-corrected chi connectivity index (χ1v) is 12.3. The van der Waals surface area contributed by atoms with E-state index in [9.17, 15) is 8.42 Å². The Morgan fingerprint density at radius 3 is 2.78 bits per heavy atom. The quantitative estimate of drug-likeness (QED) is 0.483. The molecule has 166 valence electrons. The lowest BCUT2D eigenvalue weighted by atomic mass is 9.91. The number of sulfonamides is 1. The van der Waals surface area contributed by atoms with Crippen molar-refractivity contribution in [2.45, 2.75) is 56.0 Å². The summed E-state index contributed by atoms with van der Waals surface area (Å²) in [6.45, 7) is 1.97. The zero-order chi connectivity index (χ0) is 22.1. The number of hydrogen-bond donors (Lipinski definition) is 1. The number of aryl methyl sites for hydroxylation is 1. The SMILES string of the molecule is CCc1cc(-c2ccn3nccc3n2)ccc1S(=O)(=O)N[C@H]1CCC[C@@H](n2cnnc2)C1. The Balaban J connectivity index is 1.39. The van der Waals surface area contributed by atoms with E-state index in [0.29, 0.717) is 11.3 Å². The predicted octanol–water partition coefficient (Wildman–Crippen LogP) is 3.01. The van der Waals surface area contributed by atoms with Gasteiger partial charge in [-0.05, 0) is 55.9 Å². The lowest BCUT2D eigenvalue weighted by molar-refractivity contribution is 0.305. The van der Waals surface area contributed by atoms with E-state index in [0.717, 1.165) is 48.2 Å². The van der Waals surface area contributed by atoms with Gasteiger partial charge in [-0.3, -0.25) is 0 Å². The van der Waals surface area contributed by atoms with Crippen molar-refractivity contribution in [1.29, 1.82) is 0 Å². The van der Waals surface area contributed by atoms with Crippen molar-refractivity contribution in [2.24, 2.45) is 0 Å². The summed E-state index contributed by atoms with van der Waals surface area (Å²) in [4.78, 5) is 4.96. The van der Waals surface area contributed by atoms with Gasteiger partial charge in [0.2, 0.25) is 10.0 Å². The highest BCUT2D eigenvalue weighted by Gasteiger charge is 2.28. The molecule has 1 saturated carbocycles. The van der Waals surface area contributed by atoms with Gasteiger partial charge in [0.05, 0.1) is 16.8 Å².